The molecule has 1 heterocycles. The molecule has 0 bridgehead atoms. The number of thiophene rings is 1. The molecule has 0 aliphatic rings. The maximum absolute atomic E-state index is 12.1. The molecule has 1 atom stereocenters. The summed E-state index contributed by atoms with van der Waals surface area (Å²) in [5, 5.41) is 0. The van der Waals surface area contributed by atoms with Gasteiger partial charge in [-0.05, 0) is 40.5 Å². The molecule has 0 aliphatic heterocycles. The lowest BCUT2D eigenvalue weighted by molar-refractivity contribution is 0.406. The summed E-state index contributed by atoms with van der Waals surface area (Å²) < 4.78 is 26.7. The van der Waals surface area contributed by atoms with Crippen molar-refractivity contribution in [3.8, 4) is 0 Å². The van der Waals surface area contributed by atoms with Crippen LogP contribution in [0.3, 0.4) is 0 Å². The van der Waals surface area contributed by atoms with Gasteiger partial charge in [0.1, 0.15) is 4.21 Å². The predicted octanol–water partition coefficient (Wildman–Crippen LogP) is 1.73. The van der Waals surface area contributed by atoms with Gasteiger partial charge in [-0.25, -0.2) is 8.42 Å². The highest BCUT2D eigenvalue weighted by Gasteiger charge is 2.23. The summed E-state index contributed by atoms with van der Waals surface area (Å²) in [6.07, 6.45) is 0. The van der Waals surface area contributed by atoms with Crippen LogP contribution in [0.2, 0.25) is 0 Å². The molecule has 0 fully saturated rings. The highest BCUT2D eigenvalue weighted by molar-refractivity contribution is 9.11. The summed E-state index contributed by atoms with van der Waals surface area (Å²) >= 11 is 4.47. The molecule has 0 spiro atoms. The molecule has 2 N–H and O–H groups in total. The smallest absolute Gasteiger partial charge is 0.252 e. The standard InChI is InChI=1S/C9H15BrN2O2S2/c1-7(5-11)6-12(2)16(13,14)9-4-3-8(10)15-9/h3-4,7H,5-6,11H2,1-2H3. The first-order valence-corrected chi connectivity index (χ1v) is 7.84. The maximum Gasteiger partial charge on any atom is 0.252 e. The van der Waals surface area contributed by atoms with Crippen LogP contribution in [-0.2, 0) is 10.0 Å². The Balaban J connectivity index is 2.86. The summed E-state index contributed by atoms with van der Waals surface area (Å²) in [4.78, 5) is 0. The topological polar surface area (TPSA) is 63.4 Å². The van der Waals surface area contributed by atoms with E-state index >= 15 is 0 Å². The maximum atomic E-state index is 12.1. The first-order valence-electron chi connectivity index (χ1n) is 4.79. The van der Waals surface area contributed by atoms with Crippen molar-refractivity contribution in [2.45, 2.75) is 11.1 Å². The minimum absolute atomic E-state index is 0.156. The van der Waals surface area contributed by atoms with Gasteiger partial charge in [-0.2, -0.15) is 4.31 Å². The lowest BCUT2D eigenvalue weighted by Crippen LogP contribution is -2.33. The van der Waals surface area contributed by atoms with Crippen molar-refractivity contribution in [1.82, 2.24) is 4.31 Å². The Labute approximate surface area is 109 Å². The number of hydrogen-bond acceptors (Lipinski definition) is 4. The molecule has 0 aliphatic carbocycles. The molecule has 1 aromatic heterocycles. The van der Waals surface area contributed by atoms with Crippen molar-refractivity contribution < 1.29 is 8.42 Å². The third-order valence-corrected chi connectivity index (χ3v) is 6.10. The normalized spacial score (nSPS) is 14.3. The number of hydrogen-bond donors (Lipinski definition) is 1. The largest absolute Gasteiger partial charge is 0.330 e. The van der Waals surface area contributed by atoms with Crippen molar-refractivity contribution in [3.63, 3.8) is 0 Å². The van der Waals surface area contributed by atoms with Gasteiger partial charge in [0.05, 0.1) is 3.79 Å². The fraction of sp³-hybridized carbons (Fsp3) is 0.556. The Morgan fingerprint density at radius 3 is 2.62 bits per heavy atom. The zero-order chi connectivity index (χ0) is 12.3. The Hall–Kier alpha value is 0.0500. The van der Waals surface area contributed by atoms with E-state index in [0.717, 1.165) is 3.79 Å². The molecule has 0 aromatic carbocycles. The molecular weight excluding hydrogens is 312 g/mol. The minimum atomic E-state index is -3.36. The summed E-state index contributed by atoms with van der Waals surface area (Å²) in [6.45, 7) is 2.85. The van der Waals surface area contributed by atoms with Gasteiger partial charge in [-0.3, -0.25) is 0 Å². The minimum Gasteiger partial charge on any atom is -0.330 e. The van der Waals surface area contributed by atoms with Gasteiger partial charge in [-0.1, -0.05) is 6.92 Å². The van der Waals surface area contributed by atoms with E-state index in [1.165, 1.54) is 15.6 Å². The zero-order valence-electron chi connectivity index (χ0n) is 9.18. The van der Waals surface area contributed by atoms with Gasteiger partial charge >= 0.3 is 0 Å². The number of halogens is 1. The Morgan fingerprint density at radius 2 is 2.19 bits per heavy atom. The number of sulfonamides is 1. The lowest BCUT2D eigenvalue weighted by Gasteiger charge is -2.19. The van der Waals surface area contributed by atoms with Crippen LogP contribution >= 0.6 is 27.3 Å². The third kappa shape index (κ3) is 3.27. The summed E-state index contributed by atoms with van der Waals surface area (Å²) in [6, 6.07) is 3.34. The fourth-order valence-electron chi connectivity index (χ4n) is 1.20. The highest BCUT2D eigenvalue weighted by atomic mass is 79.9. The number of nitrogens with zero attached hydrogens (tertiary/aromatic N) is 1. The van der Waals surface area contributed by atoms with Crippen molar-refractivity contribution in [2.75, 3.05) is 20.1 Å². The molecule has 92 valence electrons. The van der Waals surface area contributed by atoms with Crippen molar-refractivity contribution in [3.05, 3.63) is 15.9 Å². The molecule has 1 aromatic rings. The Kier molecular flexibility index (Phi) is 4.93. The van der Waals surface area contributed by atoms with Crippen LogP contribution < -0.4 is 5.73 Å². The molecule has 0 saturated carbocycles. The van der Waals surface area contributed by atoms with Crippen LogP contribution in [0.15, 0.2) is 20.1 Å². The fourth-order valence-corrected chi connectivity index (χ4v) is 4.71. The molecule has 0 amide bonds. The van der Waals surface area contributed by atoms with E-state index in [-0.39, 0.29) is 5.92 Å². The van der Waals surface area contributed by atoms with E-state index in [1.807, 2.05) is 6.92 Å². The van der Waals surface area contributed by atoms with Gasteiger partial charge in [0.15, 0.2) is 0 Å². The van der Waals surface area contributed by atoms with Gasteiger partial charge in [0, 0.05) is 13.6 Å². The van der Waals surface area contributed by atoms with E-state index in [1.54, 1.807) is 19.2 Å². The quantitative estimate of drug-likeness (QED) is 0.896. The van der Waals surface area contributed by atoms with E-state index in [0.29, 0.717) is 17.3 Å². The van der Waals surface area contributed by atoms with Crippen molar-refractivity contribution >= 4 is 37.3 Å². The van der Waals surface area contributed by atoms with Gasteiger partial charge in [0.25, 0.3) is 10.0 Å². The molecule has 7 heteroatoms. The molecule has 0 saturated heterocycles. The first-order chi connectivity index (χ1) is 7.37. The second-order valence-electron chi connectivity index (χ2n) is 3.68. The first kappa shape index (κ1) is 14.1. The molecule has 16 heavy (non-hydrogen) atoms. The average molecular weight is 327 g/mol. The van der Waals surface area contributed by atoms with Gasteiger partial charge in [-0.15, -0.1) is 11.3 Å². The van der Waals surface area contributed by atoms with Gasteiger partial charge < -0.3 is 5.73 Å². The highest BCUT2D eigenvalue weighted by Crippen LogP contribution is 2.28. The van der Waals surface area contributed by atoms with E-state index < -0.39 is 10.0 Å². The molecule has 0 radical (unpaired) electrons. The Morgan fingerprint density at radius 1 is 1.56 bits per heavy atom. The van der Waals surface area contributed by atoms with E-state index in [9.17, 15) is 8.42 Å². The molecule has 1 unspecified atom stereocenters. The second kappa shape index (κ2) is 5.59. The lowest BCUT2D eigenvalue weighted by atomic mass is 10.2. The third-order valence-electron chi connectivity index (χ3n) is 2.18. The summed E-state index contributed by atoms with van der Waals surface area (Å²) in [5.41, 5.74) is 5.48. The van der Waals surface area contributed by atoms with Crippen LogP contribution in [0, 0.1) is 5.92 Å². The molecular formula is C9H15BrN2O2S2. The average Bonchev–Trinajstić information content (AvgIpc) is 2.65. The second-order valence-corrected chi connectivity index (χ2v) is 8.42. The van der Waals surface area contributed by atoms with Crippen molar-refractivity contribution in [1.29, 1.82) is 0 Å². The predicted molar refractivity (Wildman–Crippen MR) is 70.1 cm³/mol. The van der Waals surface area contributed by atoms with Gasteiger partial charge in [0.2, 0.25) is 0 Å². The van der Waals surface area contributed by atoms with Crippen LogP contribution in [-0.4, -0.2) is 32.9 Å². The molecule has 4 nitrogen and oxygen atoms in total. The van der Waals surface area contributed by atoms with E-state index in [4.69, 9.17) is 5.73 Å². The Bertz CT molecular complexity index is 444. The van der Waals surface area contributed by atoms with Crippen LogP contribution in [0.25, 0.3) is 0 Å². The SMILES string of the molecule is CC(CN)CN(C)S(=O)(=O)c1ccc(Br)s1. The summed E-state index contributed by atoms with van der Waals surface area (Å²) in [5.74, 6) is 0.156. The summed E-state index contributed by atoms with van der Waals surface area (Å²) in [7, 11) is -1.78. The number of nitrogens with two attached hydrogens (primary N) is 1. The van der Waals surface area contributed by atoms with Crippen molar-refractivity contribution in [2.24, 2.45) is 11.7 Å². The zero-order valence-corrected chi connectivity index (χ0v) is 12.4. The van der Waals surface area contributed by atoms with Crippen LogP contribution in [0.5, 0.6) is 0 Å². The molecule has 1 rings (SSSR count). The van der Waals surface area contributed by atoms with E-state index in [2.05, 4.69) is 15.9 Å². The van der Waals surface area contributed by atoms with Crippen LogP contribution in [0.1, 0.15) is 6.92 Å². The monoisotopic (exact) mass is 326 g/mol. The van der Waals surface area contributed by atoms with Crippen LogP contribution in [0.4, 0.5) is 0 Å². The number of rotatable bonds is 5.